The van der Waals surface area contributed by atoms with Crippen molar-refractivity contribution in [2.75, 3.05) is 19.7 Å². The minimum atomic E-state index is -3.59. The largest absolute Gasteiger partial charge is 0.493 e. The average Bonchev–Trinajstić information content (AvgIpc) is 2.61. The Morgan fingerprint density at radius 2 is 1.69 bits per heavy atom. The summed E-state index contributed by atoms with van der Waals surface area (Å²) in [5, 5.41) is 2.61. The molecule has 26 heavy (non-hydrogen) atoms. The smallest absolute Gasteiger partial charge is 0.240 e. The van der Waals surface area contributed by atoms with E-state index in [2.05, 4.69) is 10.0 Å². The summed E-state index contributed by atoms with van der Waals surface area (Å²) in [5.74, 6) is -0.144. The highest BCUT2D eigenvalue weighted by Crippen LogP contribution is 2.11. The van der Waals surface area contributed by atoms with Gasteiger partial charge in [0.15, 0.2) is 0 Å². The zero-order chi connectivity index (χ0) is 19.0. The van der Waals surface area contributed by atoms with Crippen LogP contribution >= 0.6 is 0 Å². The summed E-state index contributed by atoms with van der Waals surface area (Å²) in [6.45, 7) is 2.27. The van der Waals surface area contributed by atoms with Crippen LogP contribution in [0.25, 0.3) is 0 Å². The van der Waals surface area contributed by atoms with Gasteiger partial charge in [-0.3, -0.25) is 4.79 Å². The van der Waals surface area contributed by atoms with Gasteiger partial charge in [-0.15, -0.1) is 0 Å². The summed E-state index contributed by atoms with van der Waals surface area (Å²) in [7, 11) is -3.59. The van der Waals surface area contributed by atoms with Crippen LogP contribution in [0.3, 0.4) is 0 Å². The van der Waals surface area contributed by atoms with E-state index in [4.69, 9.17) is 4.74 Å². The molecule has 6 nitrogen and oxygen atoms in total. The van der Waals surface area contributed by atoms with E-state index in [0.29, 0.717) is 5.75 Å². The van der Waals surface area contributed by atoms with Crippen LogP contribution in [-0.2, 0) is 14.8 Å². The minimum absolute atomic E-state index is 0.0841. The lowest BCUT2D eigenvalue weighted by atomic mass is 10.2. The van der Waals surface area contributed by atoms with E-state index in [1.807, 2.05) is 6.92 Å². The lowest BCUT2D eigenvalue weighted by Crippen LogP contribution is -2.35. The van der Waals surface area contributed by atoms with Crippen LogP contribution in [0.4, 0.5) is 4.39 Å². The summed E-state index contributed by atoms with van der Waals surface area (Å²) in [6.07, 6.45) is 0.113. The predicted molar refractivity (Wildman–Crippen MR) is 95.9 cm³/mol. The molecule has 8 heteroatoms. The fourth-order valence-electron chi connectivity index (χ4n) is 2.07. The summed E-state index contributed by atoms with van der Waals surface area (Å²) in [5.41, 5.74) is 0.971. The summed E-state index contributed by atoms with van der Waals surface area (Å²) in [6, 6.07) is 12.0. The van der Waals surface area contributed by atoms with Crippen LogP contribution in [0.2, 0.25) is 0 Å². The Morgan fingerprint density at radius 3 is 2.35 bits per heavy atom. The predicted octanol–water partition coefficient (Wildman–Crippen LogP) is 2.00. The molecule has 0 spiro atoms. The Labute approximate surface area is 152 Å². The number of amides is 1. The lowest BCUT2D eigenvalue weighted by molar-refractivity contribution is -0.121. The highest BCUT2D eigenvalue weighted by atomic mass is 32.2. The molecular weight excluding hydrogens is 359 g/mol. The molecular formula is C18H21FN2O4S. The summed E-state index contributed by atoms with van der Waals surface area (Å²) >= 11 is 0. The fraction of sp³-hybridized carbons (Fsp3) is 0.278. The van der Waals surface area contributed by atoms with Crippen LogP contribution in [0.1, 0.15) is 12.0 Å². The van der Waals surface area contributed by atoms with Gasteiger partial charge in [-0.1, -0.05) is 17.7 Å². The lowest BCUT2D eigenvalue weighted by Gasteiger charge is -2.09. The number of rotatable bonds is 9. The summed E-state index contributed by atoms with van der Waals surface area (Å²) < 4.78 is 44.6. The molecule has 0 bridgehead atoms. The van der Waals surface area contributed by atoms with Crippen molar-refractivity contribution < 1.29 is 22.3 Å². The number of carbonyl (C=O) groups excluding carboxylic acids is 1. The Morgan fingerprint density at radius 1 is 1.04 bits per heavy atom. The van der Waals surface area contributed by atoms with Crippen LogP contribution in [0, 0.1) is 12.7 Å². The van der Waals surface area contributed by atoms with E-state index >= 15 is 0 Å². The van der Waals surface area contributed by atoms with Gasteiger partial charge in [0.2, 0.25) is 15.9 Å². The van der Waals surface area contributed by atoms with Crippen molar-refractivity contribution in [1.29, 1.82) is 0 Å². The normalized spacial score (nSPS) is 11.2. The number of sulfonamides is 1. The zero-order valence-corrected chi connectivity index (χ0v) is 15.2. The van der Waals surface area contributed by atoms with Gasteiger partial charge in [0.1, 0.15) is 11.6 Å². The molecule has 0 unspecified atom stereocenters. The first-order valence-corrected chi connectivity index (χ1v) is 9.56. The molecule has 2 rings (SSSR count). The van der Waals surface area contributed by atoms with Crippen molar-refractivity contribution in [2.24, 2.45) is 0 Å². The molecule has 140 valence electrons. The number of ether oxygens (including phenoxy) is 1. The maximum atomic E-state index is 12.8. The van der Waals surface area contributed by atoms with Gasteiger partial charge in [-0.25, -0.2) is 17.5 Å². The Balaban J connectivity index is 1.65. The summed E-state index contributed by atoms with van der Waals surface area (Å²) in [4.78, 5) is 11.9. The van der Waals surface area contributed by atoms with Gasteiger partial charge in [0.25, 0.3) is 0 Å². The van der Waals surface area contributed by atoms with Crippen molar-refractivity contribution in [1.82, 2.24) is 10.0 Å². The van der Waals surface area contributed by atoms with Gasteiger partial charge in [-0.05, 0) is 43.3 Å². The first-order chi connectivity index (χ1) is 12.4. The maximum Gasteiger partial charge on any atom is 0.240 e. The maximum absolute atomic E-state index is 12.8. The third kappa shape index (κ3) is 6.45. The molecule has 0 heterocycles. The molecule has 0 aliphatic carbocycles. The van der Waals surface area contributed by atoms with Crippen molar-refractivity contribution in [3.05, 3.63) is 59.9 Å². The van der Waals surface area contributed by atoms with Crippen molar-refractivity contribution in [2.45, 2.75) is 18.2 Å². The first-order valence-electron chi connectivity index (χ1n) is 8.08. The van der Waals surface area contributed by atoms with E-state index in [-0.39, 0.29) is 42.7 Å². The van der Waals surface area contributed by atoms with E-state index in [9.17, 15) is 17.6 Å². The highest BCUT2D eigenvalue weighted by molar-refractivity contribution is 7.89. The van der Waals surface area contributed by atoms with Crippen molar-refractivity contribution in [3.63, 3.8) is 0 Å². The molecule has 0 saturated heterocycles. The molecule has 2 N–H and O–H groups in total. The van der Waals surface area contributed by atoms with E-state index in [1.165, 1.54) is 36.4 Å². The number of hydrogen-bond donors (Lipinski definition) is 2. The number of halogens is 1. The Hall–Kier alpha value is -2.45. The van der Waals surface area contributed by atoms with Crippen LogP contribution in [0.15, 0.2) is 53.4 Å². The molecule has 2 aromatic rings. The monoisotopic (exact) mass is 380 g/mol. The van der Waals surface area contributed by atoms with Crippen molar-refractivity contribution in [3.8, 4) is 5.75 Å². The molecule has 0 aliphatic heterocycles. The molecule has 0 saturated carbocycles. The molecule has 0 aliphatic rings. The van der Waals surface area contributed by atoms with Crippen LogP contribution in [0.5, 0.6) is 5.75 Å². The molecule has 2 aromatic carbocycles. The highest BCUT2D eigenvalue weighted by Gasteiger charge is 2.12. The standard InChI is InChI=1S/C18H21FN2O4S/c1-14-2-8-17(9-3-14)26(23,24)21-12-11-20-18(22)10-13-25-16-6-4-15(19)5-7-16/h2-9,21H,10-13H2,1H3,(H,20,22). The van der Waals surface area contributed by atoms with Gasteiger partial charge >= 0.3 is 0 Å². The van der Waals surface area contributed by atoms with Gasteiger partial charge in [0.05, 0.1) is 17.9 Å². The third-order valence-corrected chi connectivity index (χ3v) is 4.96. The topological polar surface area (TPSA) is 84.5 Å². The second-order valence-electron chi connectivity index (χ2n) is 5.61. The molecule has 0 fully saturated rings. The van der Waals surface area contributed by atoms with Crippen molar-refractivity contribution >= 4 is 15.9 Å². The van der Waals surface area contributed by atoms with Gasteiger partial charge in [0, 0.05) is 13.1 Å². The minimum Gasteiger partial charge on any atom is -0.493 e. The second kappa shape index (κ2) is 9.30. The molecule has 0 atom stereocenters. The SMILES string of the molecule is Cc1ccc(S(=O)(=O)NCCNC(=O)CCOc2ccc(F)cc2)cc1. The quantitative estimate of drug-likeness (QED) is 0.652. The van der Waals surface area contributed by atoms with E-state index in [0.717, 1.165) is 5.56 Å². The van der Waals surface area contributed by atoms with Gasteiger partial charge < -0.3 is 10.1 Å². The number of benzene rings is 2. The number of aryl methyl sites for hydroxylation is 1. The first kappa shape index (κ1) is 19.9. The molecule has 0 radical (unpaired) electrons. The van der Waals surface area contributed by atoms with Crippen LogP contribution in [-0.4, -0.2) is 34.0 Å². The number of hydrogen-bond acceptors (Lipinski definition) is 4. The fourth-order valence-corrected chi connectivity index (χ4v) is 3.10. The molecule has 1 amide bonds. The second-order valence-corrected chi connectivity index (χ2v) is 7.38. The van der Waals surface area contributed by atoms with Gasteiger partial charge in [-0.2, -0.15) is 0 Å². The number of nitrogens with one attached hydrogen (secondary N) is 2. The van der Waals surface area contributed by atoms with E-state index in [1.54, 1.807) is 12.1 Å². The Bertz CT molecular complexity index is 821. The molecule has 0 aromatic heterocycles. The zero-order valence-electron chi connectivity index (χ0n) is 14.4. The Kier molecular flexibility index (Phi) is 7.11. The third-order valence-electron chi connectivity index (χ3n) is 3.48. The van der Waals surface area contributed by atoms with Crippen LogP contribution < -0.4 is 14.8 Å². The van der Waals surface area contributed by atoms with E-state index < -0.39 is 10.0 Å². The number of carbonyl (C=O) groups is 1. The average molecular weight is 380 g/mol.